The molecule has 0 aliphatic heterocycles. The van der Waals surface area contributed by atoms with Gasteiger partial charge >= 0.3 is 0 Å². The molecule has 0 fully saturated rings. The van der Waals surface area contributed by atoms with Crippen LogP contribution in [-0.4, -0.2) is 17.6 Å². The summed E-state index contributed by atoms with van der Waals surface area (Å²) in [5, 5.41) is 9.08. The molecule has 0 unspecified atom stereocenters. The van der Waals surface area contributed by atoms with Crippen LogP contribution < -0.4 is 10.6 Å². The first-order chi connectivity index (χ1) is 8.51. The van der Waals surface area contributed by atoms with Crippen LogP contribution in [0.5, 0.6) is 0 Å². The molecule has 1 aromatic heterocycles. The zero-order chi connectivity index (χ0) is 13.2. The van der Waals surface area contributed by atoms with Crippen molar-refractivity contribution in [2.75, 3.05) is 12.4 Å². The second-order valence-electron chi connectivity index (χ2n) is 5.58. The fraction of sp³-hybridized carbons (Fsp3) is 0.400. The van der Waals surface area contributed by atoms with E-state index in [1.165, 1.54) is 16.3 Å². The molecule has 2 aromatic rings. The molecule has 0 radical (unpaired) electrons. The van der Waals surface area contributed by atoms with Crippen molar-refractivity contribution in [1.82, 2.24) is 10.3 Å². The summed E-state index contributed by atoms with van der Waals surface area (Å²) in [5.74, 6) is 0.956. The quantitative estimate of drug-likeness (QED) is 0.869. The van der Waals surface area contributed by atoms with E-state index in [9.17, 15) is 0 Å². The molecular weight excluding hydrogens is 222 g/mol. The summed E-state index contributed by atoms with van der Waals surface area (Å²) in [5.41, 5.74) is 1.24. The topological polar surface area (TPSA) is 37.0 Å². The minimum Gasteiger partial charge on any atom is -0.365 e. The summed E-state index contributed by atoms with van der Waals surface area (Å²) >= 11 is 0. The smallest absolute Gasteiger partial charge is 0.134 e. The molecule has 2 N–H and O–H groups in total. The predicted octanol–water partition coefficient (Wildman–Crippen LogP) is 3.16. The Balaban J connectivity index is 2.53. The van der Waals surface area contributed by atoms with E-state index >= 15 is 0 Å². The summed E-state index contributed by atoms with van der Waals surface area (Å²) < 4.78 is 0. The highest BCUT2D eigenvalue weighted by molar-refractivity contribution is 5.94. The van der Waals surface area contributed by atoms with E-state index in [2.05, 4.69) is 60.7 Å². The number of aromatic nitrogens is 1. The van der Waals surface area contributed by atoms with E-state index in [0.29, 0.717) is 0 Å². The van der Waals surface area contributed by atoms with Crippen LogP contribution in [0, 0.1) is 0 Å². The van der Waals surface area contributed by atoms with E-state index in [-0.39, 0.29) is 5.54 Å². The molecule has 1 heterocycles. The molecule has 0 atom stereocenters. The van der Waals surface area contributed by atoms with Gasteiger partial charge in [-0.2, -0.15) is 0 Å². The second-order valence-corrected chi connectivity index (χ2v) is 5.58. The fourth-order valence-corrected chi connectivity index (χ4v) is 2.04. The van der Waals surface area contributed by atoms with Crippen LogP contribution in [0.2, 0.25) is 0 Å². The lowest BCUT2D eigenvalue weighted by Crippen LogP contribution is -2.26. The minimum absolute atomic E-state index is 0.0142. The van der Waals surface area contributed by atoms with Gasteiger partial charge in [-0.15, -0.1) is 0 Å². The molecule has 0 bridgehead atoms. The van der Waals surface area contributed by atoms with Crippen molar-refractivity contribution >= 4 is 16.6 Å². The number of rotatable bonds is 3. The number of hydrogen-bond donors (Lipinski definition) is 2. The molecule has 2 rings (SSSR count). The molecule has 1 aromatic carbocycles. The van der Waals surface area contributed by atoms with Crippen LogP contribution in [0.25, 0.3) is 10.8 Å². The zero-order valence-electron chi connectivity index (χ0n) is 11.5. The van der Waals surface area contributed by atoms with Crippen LogP contribution in [0.15, 0.2) is 30.5 Å². The Hall–Kier alpha value is -1.61. The van der Waals surface area contributed by atoms with Crippen LogP contribution in [0.4, 0.5) is 5.82 Å². The van der Waals surface area contributed by atoms with Crippen molar-refractivity contribution in [3.63, 3.8) is 0 Å². The number of benzene rings is 1. The van der Waals surface area contributed by atoms with Crippen LogP contribution in [0.1, 0.15) is 26.3 Å². The van der Waals surface area contributed by atoms with Gasteiger partial charge in [-0.25, -0.2) is 4.98 Å². The molecular formula is C15H21N3. The first kappa shape index (κ1) is 12.8. The molecule has 3 nitrogen and oxygen atoms in total. The van der Waals surface area contributed by atoms with Crippen LogP contribution in [-0.2, 0) is 6.54 Å². The third kappa shape index (κ3) is 2.79. The molecule has 0 aliphatic rings. The van der Waals surface area contributed by atoms with Gasteiger partial charge < -0.3 is 10.6 Å². The van der Waals surface area contributed by atoms with Gasteiger partial charge in [-0.1, -0.05) is 24.3 Å². The zero-order valence-corrected chi connectivity index (χ0v) is 11.5. The van der Waals surface area contributed by atoms with E-state index in [1.807, 2.05) is 13.2 Å². The Labute approximate surface area is 109 Å². The monoisotopic (exact) mass is 243 g/mol. The molecule has 0 saturated heterocycles. The van der Waals surface area contributed by atoms with Crippen LogP contribution >= 0.6 is 0 Å². The van der Waals surface area contributed by atoms with Crippen molar-refractivity contribution in [2.45, 2.75) is 32.9 Å². The summed E-state index contributed by atoms with van der Waals surface area (Å²) in [7, 11) is 1.95. The highest BCUT2D eigenvalue weighted by Crippen LogP contribution is 2.26. The number of pyridine rings is 1. The predicted molar refractivity (Wildman–Crippen MR) is 77.9 cm³/mol. The molecule has 3 heteroatoms. The van der Waals surface area contributed by atoms with Crippen molar-refractivity contribution in [3.05, 3.63) is 36.0 Å². The standard InChI is InChI=1S/C15H21N3/c1-15(2,3)18-14-13-8-6-5-7-12(13)11(9-16-4)10-17-14/h5-8,10,16H,9H2,1-4H3,(H,17,18). The van der Waals surface area contributed by atoms with Gasteiger partial charge in [-0.05, 0) is 38.8 Å². The van der Waals surface area contributed by atoms with Crippen molar-refractivity contribution in [2.24, 2.45) is 0 Å². The van der Waals surface area contributed by atoms with Crippen LogP contribution in [0.3, 0.4) is 0 Å². The number of fused-ring (bicyclic) bond motifs is 1. The van der Waals surface area contributed by atoms with E-state index in [1.54, 1.807) is 0 Å². The SMILES string of the molecule is CNCc1cnc(NC(C)(C)C)c2ccccc12. The Kier molecular flexibility index (Phi) is 3.53. The lowest BCUT2D eigenvalue weighted by molar-refractivity contribution is 0.631. The normalized spacial score (nSPS) is 11.8. The highest BCUT2D eigenvalue weighted by Gasteiger charge is 2.13. The lowest BCUT2D eigenvalue weighted by atomic mass is 10.0. The lowest BCUT2D eigenvalue weighted by Gasteiger charge is -2.23. The Morgan fingerprint density at radius 3 is 2.39 bits per heavy atom. The van der Waals surface area contributed by atoms with E-state index < -0.39 is 0 Å². The molecule has 0 amide bonds. The van der Waals surface area contributed by atoms with Crippen molar-refractivity contribution < 1.29 is 0 Å². The summed E-state index contributed by atoms with van der Waals surface area (Å²) in [6, 6.07) is 8.40. The average molecular weight is 243 g/mol. The third-order valence-electron chi connectivity index (χ3n) is 2.74. The number of hydrogen-bond acceptors (Lipinski definition) is 3. The largest absolute Gasteiger partial charge is 0.365 e. The molecule has 0 spiro atoms. The second kappa shape index (κ2) is 4.94. The first-order valence-electron chi connectivity index (χ1n) is 6.30. The maximum atomic E-state index is 4.56. The fourth-order valence-electron chi connectivity index (χ4n) is 2.04. The molecule has 96 valence electrons. The average Bonchev–Trinajstić information content (AvgIpc) is 2.31. The highest BCUT2D eigenvalue weighted by atomic mass is 15.0. The van der Waals surface area contributed by atoms with Gasteiger partial charge in [-0.3, -0.25) is 0 Å². The van der Waals surface area contributed by atoms with Gasteiger partial charge in [0.1, 0.15) is 5.82 Å². The summed E-state index contributed by atoms with van der Waals surface area (Å²) in [6.07, 6.45) is 1.95. The number of nitrogens with zero attached hydrogens (tertiary/aromatic N) is 1. The summed E-state index contributed by atoms with van der Waals surface area (Å²) in [6.45, 7) is 7.27. The molecule has 0 aliphatic carbocycles. The van der Waals surface area contributed by atoms with Gasteiger partial charge in [0.15, 0.2) is 0 Å². The Bertz CT molecular complexity index is 541. The van der Waals surface area contributed by atoms with Gasteiger partial charge in [0.05, 0.1) is 0 Å². The van der Waals surface area contributed by atoms with Gasteiger partial charge in [0.2, 0.25) is 0 Å². The minimum atomic E-state index is 0.0142. The first-order valence-corrected chi connectivity index (χ1v) is 6.30. The maximum absolute atomic E-state index is 4.56. The van der Waals surface area contributed by atoms with E-state index in [4.69, 9.17) is 0 Å². The Morgan fingerprint density at radius 2 is 1.78 bits per heavy atom. The summed E-state index contributed by atoms with van der Waals surface area (Å²) in [4.78, 5) is 4.56. The van der Waals surface area contributed by atoms with E-state index in [0.717, 1.165) is 12.4 Å². The van der Waals surface area contributed by atoms with Gasteiger partial charge in [0.25, 0.3) is 0 Å². The van der Waals surface area contributed by atoms with Crippen molar-refractivity contribution in [3.8, 4) is 0 Å². The van der Waals surface area contributed by atoms with Crippen molar-refractivity contribution in [1.29, 1.82) is 0 Å². The van der Waals surface area contributed by atoms with Gasteiger partial charge in [0, 0.05) is 23.7 Å². The Morgan fingerprint density at radius 1 is 1.11 bits per heavy atom. The number of anilines is 1. The molecule has 0 saturated carbocycles. The third-order valence-corrected chi connectivity index (χ3v) is 2.74. The molecule has 18 heavy (non-hydrogen) atoms. The number of nitrogens with one attached hydrogen (secondary N) is 2. The maximum Gasteiger partial charge on any atom is 0.134 e.